The Balaban J connectivity index is 3.05. The van der Waals surface area contributed by atoms with Crippen LogP contribution in [0.3, 0.4) is 0 Å². The zero-order valence-electron chi connectivity index (χ0n) is 2.94. The van der Waals surface area contributed by atoms with E-state index in [-0.39, 0.29) is 7.38 Å². The molecule has 1 aromatic heterocycles. The standard InChI is InChI=1S/CH3N3P2/c5-6-1-2-3-4-6/h1H,5H2. The van der Waals surface area contributed by atoms with E-state index in [0.29, 0.717) is 0 Å². The van der Waals surface area contributed by atoms with Gasteiger partial charge in [-0.3, -0.25) is 0 Å². The minimum atomic E-state index is -0.382. The van der Waals surface area contributed by atoms with E-state index in [2.05, 4.69) is 24.1 Å². The van der Waals surface area contributed by atoms with Crippen LogP contribution < -0.4 is 0 Å². The highest BCUT2D eigenvalue weighted by Crippen LogP contribution is 2.26. The summed E-state index contributed by atoms with van der Waals surface area (Å²) in [5, 5.41) is 6.87. The average molecular weight is 119 g/mol. The van der Waals surface area contributed by atoms with Crippen molar-refractivity contribution in [1.82, 2.24) is 15.2 Å². The lowest BCUT2D eigenvalue weighted by Gasteiger charge is -1.62. The summed E-state index contributed by atoms with van der Waals surface area (Å²) in [5.41, 5.74) is 0. The van der Waals surface area contributed by atoms with Crippen LogP contribution in [0.15, 0.2) is 5.93 Å². The third kappa shape index (κ3) is 0.735. The molecule has 0 aromatic carbocycles. The number of hydrogen-bond acceptors (Lipinski definition) is 3. The largest absolute Gasteiger partial charge is 0.132 e. The molecule has 0 bridgehead atoms. The van der Waals surface area contributed by atoms with Crippen LogP contribution in [0.1, 0.15) is 0 Å². The molecule has 1 heterocycles. The highest BCUT2D eigenvalue weighted by molar-refractivity contribution is 8.06. The van der Waals surface area contributed by atoms with E-state index in [0.717, 1.165) is 0 Å². The zero-order chi connectivity index (χ0) is 4.41. The maximum atomic E-state index is 3.67. The Labute approximate surface area is 38.4 Å². The van der Waals surface area contributed by atoms with Crippen LogP contribution in [-0.4, -0.2) is 15.2 Å². The third-order valence-electron chi connectivity index (χ3n) is 0.365. The van der Waals surface area contributed by atoms with Gasteiger partial charge in [-0.25, -0.2) is 0 Å². The first-order chi connectivity index (χ1) is 2.89. The molecule has 0 aliphatic rings. The lowest BCUT2D eigenvalue weighted by Crippen LogP contribution is -1.61. The first kappa shape index (κ1) is 4.17. The van der Waals surface area contributed by atoms with Gasteiger partial charge in [0.2, 0.25) is 0 Å². The molecule has 0 spiro atoms. The molecule has 0 aliphatic carbocycles. The Morgan fingerprint density at radius 1 is 1.67 bits per heavy atom. The summed E-state index contributed by atoms with van der Waals surface area (Å²) in [6, 6.07) is 0. The van der Waals surface area contributed by atoms with E-state index in [1.807, 2.05) is 0 Å². The second-order valence-corrected chi connectivity index (χ2v) is 3.55. The molecule has 0 saturated heterocycles. The summed E-state index contributed by atoms with van der Waals surface area (Å²) >= 11 is 0. The molecule has 0 fully saturated rings. The molecular weight excluding hydrogens is 116 g/mol. The Hall–Kier alpha value is -0.0000000000000000555. The van der Waals surface area contributed by atoms with Gasteiger partial charge in [0.25, 0.3) is 0 Å². The SMILES string of the molecule is Pp1cnnn1. The monoisotopic (exact) mass is 119 g/mol. The smallest absolute Gasteiger partial charge is 0.0934 e. The molecule has 5 heteroatoms. The lowest BCUT2D eigenvalue weighted by atomic mass is 11.7. The maximum absolute atomic E-state index is 3.67. The van der Waals surface area contributed by atoms with Crippen molar-refractivity contribution in [3.8, 4) is 0 Å². The fourth-order valence-corrected chi connectivity index (χ4v) is 0.823. The summed E-state index contributed by atoms with van der Waals surface area (Å²) in [6.45, 7) is 0. The van der Waals surface area contributed by atoms with Crippen LogP contribution >= 0.6 is 16.3 Å². The second kappa shape index (κ2) is 1.63. The first-order valence-corrected chi connectivity index (χ1v) is 4.36. The molecule has 2 unspecified atom stereocenters. The highest BCUT2D eigenvalue weighted by Gasteiger charge is 1.77. The Morgan fingerprint density at radius 3 is 2.67 bits per heavy atom. The van der Waals surface area contributed by atoms with Gasteiger partial charge in [0.05, 0.1) is 5.93 Å². The molecular formula is CH3N3P2. The molecule has 2 atom stereocenters. The van der Waals surface area contributed by atoms with E-state index >= 15 is 0 Å². The summed E-state index contributed by atoms with van der Waals surface area (Å²) < 4.78 is 0. The van der Waals surface area contributed by atoms with E-state index in [9.17, 15) is 0 Å². The van der Waals surface area contributed by atoms with E-state index in [1.165, 1.54) is 0 Å². The molecule has 6 heavy (non-hydrogen) atoms. The van der Waals surface area contributed by atoms with Crippen LogP contribution in [-0.2, 0) is 0 Å². The summed E-state index contributed by atoms with van der Waals surface area (Å²) in [6.07, 6.45) is 0. The lowest BCUT2D eigenvalue weighted by molar-refractivity contribution is 0.958. The third-order valence-corrected chi connectivity index (χ3v) is 1.70. The minimum Gasteiger partial charge on any atom is -0.132 e. The van der Waals surface area contributed by atoms with Crippen molar-refractivity contribution in [3.63, 3.8) is 0 Å². The van der Waals surface area contributed by atoms with Crippen LogP contribution in [0.25, 0.3) is 0 Å². The van der Waals surface area contributed by atoms with Gasteiger partial charge in [-0.1, -0.05) is 8.93 Å². The van der Waals surface area contributed by atoms with Crippen LogP contribution in [0.5, 0.6) is 0 Å². The fraction of sp³-hybridized carbons (Fsp3) is 0. The fourth-order valence-electron chi connectivity index (χ4n) is 0.168. The van der Waals surface area contributed by atoms with Gasteiger partial charge in [0.1, 0.15) is 0 Å². The molecule has 1 aromatic rings. The van der Waals surface area contributed by atoms with E-state index in [4.69, 9.17) is 0 Å². The maximum Gasteiger partial charge on any atom is 0.0934 e. The summed E-state index contributed by atoms with van der Waals surface area (Å²) in [5.74, 6) is 1.72. The normalized spacial score (nSPS) is 11.8. The van der Waals surface area contributed by atoms with Gasteiger partial charge in [-0.05, 0) is 5.21 Å². The van der Waals surface area contributed by atoms with Gasteiger partial charge in [-0.15, -0.1) is 9.96 Å². The van der Waals surface area contributed by atoms with Gasteiger partial charge in [0, 0.05) is 7.38 Å². The van der Waals surface area contributed by atoms with Crippen molar-refractivity contribution in [2.45, 2.75) is 0 Å². The van der Waals surface area contributed by atoms with Crippen LogP contribution in [0.4, 0.5) is 0 Å². The van der Waals surface area contributed by atoms with Crippen LogP contribution in [0.2, 0.25) is 0 Å². The number of rotatable bonds is 0. The predicted molar refractivity (Wildman–Crippen MR) is 27.6 cm³/mol. The average Bonchev–Trinajstić information content (AvgIpc) is 1.86. The molecule has 0 radical (unpaired) electrons. The minimum absolute atomic E-state index is 0.382. The van der Waals surface area contributed by atoms with Gasteiger partial charge in [-0.2, -0.15) is 0 Å². The quantitative estimate of drug-likeness (QED) is 0.466. The molecule has 3 nitrogen and oxygen atoms in total. The number of aromatic nitrogens is 3. The topological polar surface area (TPSA) is 38.7 Å². The van der Waals surface area contributed by atoms with Crippen molar-refractivity contribution in [2.75, 3.05) is 0 Å². The summed E-state index contributed by atoms with van der Waals surface area (Å²) in [4.78, 5) is 3.67. The predicted octanol–water partition coefficient (Wildman–Crippen LogP) is 0.496. The molecule has 0 N–H and O–H groups in total. The molecule has 1 rings (SSSR count). The van der Waals surface area contributed by atoms with Crippen molar-refractivity contribution >= 4 is 16.3 Å². The molecule has 32 valence electrons. The van der Waals surface area contributed by atoms with Crippen molar-refractivity contribution in [3.05, 3.63) is 5.93 Å². The van der Waals surface area contributed by atoms with Crippen molar-refractivity contribution < 1.29 is 0 Å². The van der Waals surface area contributed by atoms with E-state index < -0.39 is 0 Å². The second-order valence-electron chi connectivity index (χ2n) is 0.790. The Bertz CT molecular complexity index is 112. The number of nitrogens with zero attached hydrogens (tertiary/aromatic N) is 3. The Kier molecular flexibility index (Phi) is 1.13. The van der Waals surface area contributed by atoms with Crippen molar-refractivity contribution in [1.29, 1.82) is 0 Å². The van der Waals surface area contributed by atoms with E-state index in [1.54, 1.807) is 5.93 Å². The first-order valence-electron chi connectivity index (χ1n) is 1.37. The molecule has 0 aliphatic heterocycles. The van der Waals surface area contributed by atoms with Gasteiger partial charge in [0.15, 0.2) is 0 Å². The Morgan fingerprint density at radius 2 is 2.50 bits per heavy atom. The zero-order valence-corrected chi connectivity index (χ0v) is 4.99. The van der Waals surface area contributed by atoms with Gasteiger partial charge >= 0.3 is 0 Å². The highest BCUT2D eigenvalue weighted by atomic mass is 32.0. The summed E-state index contributed by atoms with van der Waals surface area (Å²) in [7, 11) is 2.15. The van der Waals surface area contributed by atoms with Crippen molar-refractivity contribution in [2.24, 2.45) is 0 Å². The number of hydrogen-bond donors (Lipinski definition) is 0. The van der Waals surface area contributed by atoms with Crippen LogP contribution in [0, 0.1) is 0 Å². The molecule has 0 amide bonds. The molecule has 0 saturated carbocycles. The van der Waals surface area contributed by atoms with Gasteiger partial charge < -0.3 is 0 Å².